The van der Waals surface area contributed by atoms with Crippen LogP contribution in [-0.4, -0.2) is 56.7 Å². The summed E-state index contributed by atoms with van der Waals surface area (Å²) in [6, 6.07) is 7.05. The van der Waals surface area contributed by atoms with E-state index in [9.17, 15) is 9.90 Å². The fourth-order valence-electron chi connectivity index (χ4n) is 3.29. The van der Waals surface area contributed by atoms with Gasteiger partial charge in [0.1, 0.15) is 4.83 Å². The van der Waals surface area contributed by atoms with E-state index in [2.05, 4.69) is 11.9 Å². The van der Waals surface area contributed by atoms with Gasteiger partial charge in [0.2, 0.25) is 0 Å². The van der Waals surface area contributed by atoms with E-state index in [1.165, 1.54) is 16.6 Å². The van der Waals surface area contributed by atoms with E-state index in [0.29, 0.717) is 21.3 Å². The molecule has 2 N–H and O–H groups in total. The van der Waals surface area contributed by atoms with Crippen molar-refractivity contribution in [3.63, 3.8) is 0 Å². The predicted molar refractivity (Wildman–Crippen MR) is 114 cm³/mol. The van der Waals surface area contributed by atoms with Gasteiger partial charge in [0, 0.05) is 28.7 Å². The first-order chi connectivity index (χ1) is 13.5. The van der Waals surface area contributed by atoms with Crippen molar-refractivity contribution in [1.29, 1.82) is 0 Å². The molecule has 9 heteroatoms. The molecule has 28 heavy (non-hydrogen) atoms. The fourth-order valence-corrected chi connectivity index (χ4v) is 5.68. The molecular formula is C19H20ClN3O3S2. The third-order valence-electron chi connectivity index (χ3n) is 4.73. The number of aliphatic hydroxyl groups excluding tert-OH is 2. The van der Waals surface area contributed by atoms with E-state index in [1.807, 2.05) is 0 Å². The molecule has 0 bridgehead atoms. The first-order valence-electron chi connectivity index (χ1n) is 8.91. The number of benzene rings is 1. The molecule has 148 valence electrons. The van der Waals surface area contributed by atoms with E-state index < -0.39 is 6.10 Å². The number of likely N-dealkylation sites (N-methyl/N-ethyl adjacent to an activating group) is 1. The Kier molecular flexibility index (Phi) is 5.78. The number of rotatable bonds is 5. The second-order valence-corrected chi connectivity index (χ2v) is 9.34. The smallest absolute Gasteiger partial charge is 0.267 e. The van der Waals surface area contributed by atoms with Crippen molar-refractivity contribution in [1.82, 2.24) is 14.5 Å². The Morgan fingerprint density at radius 1 is 1.36 bits per heavy atom. The first kappa shape index (κ1) is 19.9. The van der Waals surface area contributed by atoms with Gasteiger partial charge in [-0.1, -0.05) is 23.4 Å². The molecule has 1 aliphatic heterocycles. The van der Waals surface area contributed by atoms with E-state index in [1.54, 1.807) is 40.2 Å². The van der Waals surface area contributed by atoms with Gasteiger partial charge in [0.25, 0.3) is 5.56 Å². The largest absolute Gasteiger partial charge is 0.394 e. The van der Waals surface area contributed by atoms with Crippen molar-refractivity contribution in [3.05, 3.63) is 50.1 Å². The highest BCUT2D eigenvalue weighted by atomic mass is 35.5. The molecule has 2 aromatic heterocycles. The molecule has 0 amide bonds. The summed E-state index contributed by atoms with van der Waals surface area (Å²) >= 11 is 8.84. The Labute approximate surface area is 175 Å². The minimum Gasteiger partial charge on any atom is -0.394 e. The van der Waals surface area contributed by atoms with Crippen LogP contribution >= 0.6 is 34.7 Å². The molecule has 6 nitrogen and oxygen atoms in total. The number of aromatic nitrogens is 2. The zero-order valence-corrected chi connectivity index (χ0v) is 17.6. The highest BCUT2D eigenvalue weighted by molar-refractivity contribution is 7.99. The van der Waals surface area contributed by atoms with Crippen LogP contribution in [0.4, 0.5) is 0 Å². The van der Waals surface area contributed by atoms with E-state index in [-0.39, 0.29) is 17.9 Å². The lowest BCUT2D eigenvalue weighted by atomic mass is 10.1. The zero-order valence-electron chi connectivity index (χ0n) is 15.3. The molecule has 0 radical (unpaired) electrons. The molecule has 3 heterocycles. The molecule has 4 rings (SSSR count). The average molecular weight is 438 g/mol. The van der Waals surface area contributed by atoms with E-state index in [4.69, 9.17) is 21.7 Å². The molecule has 0 saturated carbocycles. The van der Waals surface area contributed by atoms with Gasteiger partial charge in [-0.3, -0.25) is 9.36 Å². The molecule has 3 aromatic rings. The van der Waals surface area contributed by atoms with Crippen molar-refractivity contribution in [3.8, 4) is 5.69 Å². The minimum atomic E-state index is -0.874. The zero-order chi connectivity index (χ0) is 19.8. The summed E-state index contributed by atoms with van der Waals surface area (Å²) in [4.78, 5) is 22.5. The van der Waals surface area contributed by atoms with Crippen molar-refractivity contribution < 1.29 is 10.2 Å². The number of nitrogens with zero attached hydrogens (tertiary/aromatic N) is 3. The Morgan fingerprint density at radius 3 is 2.82 bits per heavy atom. The first-order valence-corrected chi connectivity index (χ1v) is 11.1. The average Bonchev–Trinajstić information content (AvgIpc) is 3.04. The lowest BCUT2D eigenvalue weighted by Crippen LogP contribution is -2.27. The number of halogens is 1. The van der Waals surface area contributed by atoms with Gasteiger partial charge in [0.05, 0.1) is 23.8 Å². The number of fused-ring (bicyclic) bond motifs is 3. The topological polar surface area (TPSA) is 78.6 Å². The lowest BCUT2D eigenvalue weighted by molar-refractivity contribution is 0.113. The summed E-state index contributed by atoms with van der Waals surface area (Å²) in [6.07, 6.45) is -0.0412. The number of hydrogen-bond acceptors (Lipinski definition) is 7. The highest BCUT2D eigenvalue weighted by Crippen LogP contribution is 2.34. The van der Waals surface area contributed by atoms with Crippen LogP contribution < -0.4 is 5.56 Å². The summed E-state index contributed by atoms with van der Waals surface area (Å²) < 4.78 is 1.58. The monoisotopic (exact) mass is 437 g/mol. The lowest BCUT2D eigenvalue weighted by Gasteiger charge is -2.21. The second-order valence-electron chi connectivity index (χ2n) is 6.83. The normalized spacial score (nSPS) is 15.7. The molecule has 1 unspecified atom stereocenters. The summed E-state index contributed by atoms with van der Waals surface area (Å²) in [5, 5.41) is 20.7. The van der Waals surface area contributed by atoms with Gasteiger partial charge in [0.15, 0.2) is 5.16 Å². The van der Waals surface area contributed by atoms with Gasteiger partial charge < -0.3 is 15.1 Å². The quantitative estimate of drug-likeness (QED) is 0.471. The Morgan fingerprint density at radius 2 is 2.11 bits per heavy atom. The van der Waals surface area contributed by atoms with Gasteiger partial charge >= 0.3 is 0 Å². The van der Waals surface area contributed by atoms with Crippen LogP contribution in [0.15, 0.2) is 34.2 Å². The molecule has 0 fully saturated rings. The van der Waals surface area contributed by atoms with Crippen LogP contribution in [-0.2, 0) is 13.0 Å². The van der Waals surface area contributed by atoms with Crippen molar-refractivity contribution >= 4 is 44.9 Å². The number of aliphatic hydroxyl groups is 2. The van der Waals surface area contributed by atoms with Gasteiger partial charge in [-0.2, -0.15) is 0 Å². The van der Waals surface area contributed by atoms with Crippen molar-refractivity contribution in [2.45, 2.75) is 24.2 Å². The van der Waals surface area contributed by atoms with E-state index >= 15 is 0 Å². The third-order valence-corrected chi connectivity index (χ3v) is 7.18. The summed E-state index contributed by atoms with van der Waals surface area (Å²) in [5.41, 5.74) is 1.68. The van der Waals surface area contributed by atoms with Gasteiger partial charge in [-0.25, -0.2) is 4.98 Å². The van der Waals surface area contributed by atoms with Crippen molar-refractivity contribution in [2.75, 3.05) is 26.0 Å². The molecule has 0 aliphatic carbocycles. The van der Waals surface area contributed by atoms with Crippen molar-refractivity contribution in [2.24, 2.45) is 0 Å². The predicted octanol–water partition coefficient (Wildman–Crippen LogP) is 2.53. The van der Waals surface area contributed by atoms with Crippen LogP contribution in [0.25, 0.3) is 15.9 Å². The summed E-state index contributed by atoms with van der Waals surface area (Å²) in [7, 11) is 2.07. The Balaban J connectivity index is 1.91. The Hall–Kier alpha value is -1.42. The molecule has 1 atom stereocenters. The van der Waals surface area contributed by atoms with Gasteiger partial charge in [-0.15, -0.1) is 11.3 Å². The maximum atomic E-state index is 13.5. The maximum Gasteiger partial charge on any atom is 0.267 e. The standard InChI is InChI=1S/C19H20ClN3O3S2/c1-22-7-6-14-15(8-22)28-17-16(14)18(26)23(12-4-2-11(20)3-5-12)19(21-17)27-10-13(25)9-24/h2-5,13,24-25H,6-10H2,1H3. The molecule has 0 saturated heterocycles. The molecular weight excluding hydrogens is 418 g/mol. The molecule has 0 spiro atoms. The van der Waals surface area contributed by atoms with Gasteiger partial charge in [-0.05, 0) is 43.3 Å². The van der Waals surface area contributed by atoms with Crippen LogP contribution in [0.2, 0.25) is 5.02 Å². The van der Waals surface area contributed by atoms with Crippen LogP contribution in [0.1, 0.15) is 10.4 Å². The minimum absolute atomic E-state index is 0.102. The number of thiophene rings is 1. The summed E-state index contributed by atoms with van der Waals surface area (Å²) in [6.45, 7) is 1.40. The van der Waals surface area contributed by atoms with E-state index in [0.717, 1.165) is 29.9 Å². The molecule has 1 aliphatic rings. The number of thioether (sulfide) groups is 1. The van der Waals surface area contributed by atoms with Crippen LogP contribution in [0, 0.1) is 0 Å². The Bertz CT molecular complexity index is 1060. The third kappa shape index (κ3) is 3.72. The maximum absolute atomic E-state index is 13.5. The van der Waals surface area contributed by atoms with Crippen LogP contribution in [0.5, 0.6) is 0 Å². The molecule has 1 aromatic carbocycles. The SMILES string of the molecule is CN1CCc2c(sc3nc(SCC(O)CO)n(-c4ccc(Cl)cc4)c(=O)c23)C1. The highest BCUT2D eigenvalue weighted by Gasteiger charge is 2.24. The fraction of sp³-hybridized carbons (Fsp3) is 0.368. The van der Waals surface area contributed by atoms with Crippen LogP contribution in [0.3, 0.4) is 0 Å². The second kappa shape index (κ2) is 8.14. The summed E-state index contributed by atoms with van der Waals surface area (Å²) in [5.74, 6) is 0.246. The number of hydrogen-bond donors (Lipinski definition) is 2.